The van der Waals surface area contributed by atoms with Crippen molar-refractivity contribution in [3.8, 4) is 0 Å². The Hall–Kier alpha value is -2.98. The summed E-state index contributed by atoms with van der Waals surface area (Å²) in [6, 6.07) is 8.45. The molecule has 29 heavy (non-hydrogen) atoms. The minimum atomic E-state index is -3.80. The van der Waals surface area contributed by atoms with Crippen LogP contribution in [0.15, 0.2) is 52.5 Å². The molecule has 1 aliphatic rings. The van der Waals surface area contributed by atoms with Gasteiger partial charge in [-0.15, -0.1) is 0 Å². The molecule has 3 rings (SSSR count). The minimum Gasteiger partial charge on any atom is -0.452 e. The number of benzene rings is 1. The predicted molar refractivity (Wildman–Crippen MR) is 106 cm³/mol. The second-order valence-electron chi connectivity index (χ2n) is 6.06. The molecule has 1 amide bonds. The first-order valence-corrected chi connectivity index (χ1v) is 10.4. The summed E-state index contributed by atoms with van der Waals surface area (Å²) >= 11 is 5.70. The zero-order valence-electron chi connectivity index (χ0n) is 15.1. The molecule has 1 aliphatic heterocycles. The number of hydrogen-bond donors (Lipinski definition) is 2. The lowest BCUT2D eigenvalue weighted by atomic mass is 10.3. The SMILES string of the molecule is O=C(COC(=O)c1ccnc(Cl)c1)Nc1cccc(S(=O)(=O)NC2=NCCC2)c1. The molecule has 0 radical (unpaired) electrons. The number of esters is 1. The van der Waals surface area contributed by atoms with E-state index >= 15 is 0 Å². The number of nitrogens with one attached hydrogen (secondary N) is 2. The fourth-order valence-electron chi connectivity index (χ4n) is 2.52. The molecule has 0 spiro atoms. The van der Waals surface area contributed by atoms with Crippen LogP contribution < -0.4 is 10.0 Å². The number of carbonyl (C=O) groups is 2. The molecule has 0 fully saturated rings. The quantitative estimate of drug-likeness (QED) is 0.526. The third kappa shape index (κ3) is 5.75. The van der Waals surface area contributed by atoms with Crippen LogP contribution in [0.25, 0.3) is 0 Å². The van der Waals surface area contributed by atoms with Gasteiger partial charge >= 0.3 is 5.97 Å². The number of rotatable bonds is 6. The van der Waals surface area contributed by atoms with Crippen LogP contribution >= 0.6 is 11.6 Å². The van der Waals surface area contributed by atoms with E-state index in [1.165, 1.54) is 42.6 Å². The summed E-state index contributed by atoms with van der Waals surface area (Å²) in [6.07, 6.45) is 2.72. The molecule has 0 saturated carbocycles. The molecule has 0 bridgehead atoms. The van der Waals surface area contributed by atoms with E-state index in [0.717, 1.165) is 6.42 Å². The Morgan fingerprint density at radius 2 is 2.03 bits per heavy atom. The lowest BCUT2D eigenvalue weighted by Gasteiger charge is -2.10. The van der Waals surface area contributed by atoms with Crippen molar-refractivity contribution in [1.82, 2.24) is 9.71 Å². The molecule has 0 aliphatic carbocycles. The Kier molecular flexibility index (Phi) is 6.45. The first-order chi connectivity index (χ1) is 13.8. The summed E-state index contributed by atoms with van der Waals surface area (Å²) in [6.45, 7) is 0.0448. The summed E-state index contributed by atoms with van der Waals surface area (Å²) in [5.74, 6) is -0.939. The number of carbonyl (C=O) groups excluding carboxylic acids is 2. The fourth-order valence-corrected chi connectivity index (χ4v) is 3.83. The Labute approximate surface area is 172 Å². The maximum absolute atomic E-state index is 12.4. The molecular weight excluding hydrogens is 420 g/mol. The van der Waals surface area contributed by atoms with Gasteiger partial charge in [-0.1, -0.05) is 17.7 Å². The largest absolute Gasteiger partial charge is 0.452 e. The molecule has 1 aromatic heterocycles. The van der Waals surface area contributed by atoms with Gasteiger partial charge in [0.2, 0.25) is 0 Å². The van der Waals surface area contributed by atoms with Crippen LogP contribution in [-0.2, 0) is 19.6 Å². The number of pyridine rings is 1. The van der Waals surface area contributed by atoms with Crippen molar-refractivity contribution < 1.29 is 22.7 Å². The van der Waals surface area contributed by atoms with E-state index < -0.39 is 28.5 Å². The van der Waals surface area contributed by atoms with Gasteiger partial charge in [0.1, 0.15) is 11.0 Å². The monoisotopic (exact) mass is 436 g/mol. The highest BCUT2D eigenvalue weighted by molar-refractivity contribution is 7.90. The molecule has 2 heterocycles. The molecular formula is C18H17ClN4O5S. The van der Waals surface area contributed by atoms with Crippen molar-refractivity contribution >= 4 is 45.0 Å². The topological polar surface area (TPSA) is 127 Å². The van der Waals surface area contributed by atoms with E-state index in [2.05, 4.69) is 20.0 Å². The summed E-state index contributed by atoms with van der Waals surface area (Å²) in [5.41, 5.74) is 0.404. The summed E-state index contributed by atoms with van der Waals surface area (Å²) < 4.78 is 32.2. The number of anilines is 1. The van der Waals surface area contributed by atoms with Gasteiger partial charge in [0.05, 0.1) is 10.5 Å². The third-order valence-electron chi connectivity index (χ3n) is 3.85. The molecule has 11 heteroatoms. The van der Waals surface area contributed by atoms with Crippen LogP contribution in [-0.4, -0.2) is 44.3 Å². The molecule has 152 valence electrons. The minimum absolute atomic E-state index is 0.0201. The third-order valence-corrected chi connectivity index (χ3v) is 5.44. The van der Waals surface area contributed by atoms with Gasteiger partial charge in [-0.25, -0.2) is 18.2 Å². The number of hydrogen-bond acceptors (Lipinski definition) is 7. The average Bonchev–Trinajstić information content (AvgIpc) is 3.18. The van der Waals surface area contributed by atoms with E-state index in [-0.39, 0.29) is 21.3 Å². The number of halogens is 1. The van der Waals surface area contributed by atoms with Crippen LogP contribution in [0.2, 0.25) is 5.15 Å². The maximum atomic E-state index is 12.4. The standard InChI is InChI=1S/C18H17ClN4O5S/c19-15-9-12(6-8-20-15)18(25)28-11-17(24)22-13-3-1-4-14(10-13)29(26,27)23-16-5-2-7-21-16/h1,3-4,6,8-10H,2,5,7,11H2,(H,21,23)(H,22,24). The number of nitrogens with zero attached hydrogens (tertiary/aromatic N) is 2. The van der Waals surface area contributed by atoms with Gasteiger partial charge in [0.15, 0.2) is 6.61 Å². The molecule has 1 aromatic carbocycles. The zero-order chi connectivity index (χ0) is 20.9. The fraction of sp³-hybridized carbons (Fsp3) is 0.222. The van der Waals surface area contributed by atoms with Crippen molar-refractivity contribution in [3.63, 3.8) is 0 Å². The van der Waals surface area contributed by atoms with Crippen molar-refractivity contribution in [2.24, 2.45) is 4.99 Å². The highest BCUT2D eigenvalue weighted by Crippen LogP contribution is 2.16. The van der Waals surface area contributed by atoms with E-state index in [1.807, 2.05) is 0 Å². The molecule has 0 unspecified atom stereocenters. The molecule has 0 saturated heterocycles. The van der Waals surface area contributed by atoms with E-state index in [0.29, 0.717) is 18.8 Å². The number of ether oxygens (including phenoxy) is 1. The van der Waals surface area contributed by atoms with E-state index in [9.17, 15) is 18.0 Å². The highest BCUT2D eigenvalue weighted by atomic mass is 35.5. The Bertz CT molecular complexity index is 1070. The Morgan fingerprint density at radius 1 is 1.21 bits per heavy atom. The van der Waals surface area contributed by atoms with Crippen LogP contribution in [0, 0.1) is 0 Å². The second kappa shape index (κ2) is 9.01. The Balaban J connectivity index is 1.59. The number of aliphatic imine (C=N–C) groups is 1. The number of sulfonamides is 1. The van der Waals surface area contributed by atoms with Crippen molar-refractivity contribution in [1.29, 1.82) is 0 Å². The molecule has 2 N–H and O–H groups in total. The maximum Gasteiger partial charge on any atom is 0.338 e. The number of aromatic nitrogens is 1. The van der Waals surface area contributed by atoms with E-state index in [1.54, 1.807) is 0 Å². The van der Waals surface area contributed by atoms with Gasteiger partial charge in [0, 0.05) is 24.8 Å². The van der Waals surface area contributed by atoms with Gasteiger partial charge in [-0.05, 0) is 36.8 Å². The smallest absolute Gasteiger partial charge is 0.338 e. The lowest BCUT2D eigenvalue weighted by Crippen LogP contribution is -2.29. The van der Waals surface area contributed by atoms with Crippen molar-refractivity contribution in [3.05, 3.63) is 53.3 Å². The van der Waals surface area contributed by atoms with Crippen LogP contribution in [0.5, 0.6) is 0 Å². The Morgan fingerprint density at radius 3 is 2.76 bits per heavy atom. The van der Waals surface area contributed by atoms with Crippen molar-refractivity contribution in [2.75, 3.05) is 18.5 Å². The van der Waals surface area contributed by atoms with E-state index in [4.69, 9.17) is 16.3 Å². The average molecular weight is 437 g/mol. The van der Waals surface area contributed by atoms with Gasteiger partial charge in [0.25, 0.3) is 15.9 Å². The molecule has 9 nitrogen and oxygen atoms in total. The van der Waals surface area contributed by atoms with Crippen LogP contribution in [0.3, 0.4) is 0 Å². The second-order valence-corrected chi connectivity index (χ2v) is 8.13. The first kappa shape index (κ1) is 20.7. The normalized spacial score (nSPS) is 13.5. The summed E-state index contributed by atoms with van der Waals surface area (Å²) in [5, 5.41) is 2.61. The first-order valence-electron chi connectivity index (χ1n) is 8.58. The van der Waals surface area contributed by atoms with Gasteiger partial charge in [-0.2, -0.15) is 0 Å². The summed E-state index contributed by atoms with van der Waals surface area (Å²) in [4.78, 5) is 31.8. The van der Waals surface area contributed by atoms with Crippen LogP contribution in [0.4, 0.5) is 5.69 Å². The summed E-state index contributed by atoms with van der Waals surface area (Å²) in [7, 11) is -3.80. The number of amides is 1. The highest BCUT2D eigenvalue weighted by Gasteiger charge is 2.19. The van der Waals surface area contributed by atoms with Crippen LogP contribution in [0.1, 0.15) is 23.2 Å². The number of amidine groups is 1. The lowest BCUT2D eigenvalue weighted by molar-refractivity contribution is -0.119. The van der Waals surface area contributed by atoms with Gasteiger partial charge in [-0.3, -0.25) is 14.5 Å². The van der Waals surface area contributed by atoms with Crippen molar-refractivity contribution in [2.45, 2.75) is 17.7 Å². The zero-order valence-corrected chi connectivity index (χ0v) is 16.7. The predicted octanol–water partition coefficient (Wildman–Crippen LogP) is 2.00. The molecule has 0 atom stereocenters. The molecule has 2 aromatic rings. The van der Waals surface area contributed by atoms with Gasteiger partial charge < -0.3 is 10.1 Å².